The molecule has 3 aromatic rings. The largest absolute Gasteiger partial charge is 0.478 e. The summed E-state index contributed by atoms with van der Waals surface area (Å²) in [5.74, 6) is 1.17. The number of pyridine rings is 1. The van der Waals surface area contributed by atoms with Crippen molar-refractivity contribution in [1.29, 1.82) is 0 Å². The molecule has 3 aromatic heterocycles. The minimum atomic E-state index is -0.351. The summed E-state index contributed by atoms with van der Waals surface area (Å²) in [6.45, 7) is 2.34. The Morgan fingerprint density at radius 2 is 2.21 bits per heavy atom. The van der Waals surface area contributed by atoms with E-state index in [-0.39, 0.29) is 30.4 Å². The third-order valence-electron chi connectivity index (χ3n) is 4.40. The average Bonchev–Trinajstić information content (AvgIpc) is 3.47. The van der Waals surface area contributed by atoms with Gasteiger partial charge >= 0.3 is 0 Å². The topological polar surface area (TPSA) is 125 Å². The SMILES string of the molecule is CCOc1ccc(-c2noc(CNC(=O)Cn3cnc(C4CC4)cc3=O)n2)cn1. The lowest BCUT2D eigenvalue weighted by Crippen LogP contribution is -2.32. The smallest absolute Gasteiger partial charge is 0.254 e. The zero-order chi connectivity index (χ0) is 20.2. The minimum Gasteiger partial charge on any atom is -0.478 e. The predicted molar refractivity (Wildman–Crippen MR) is 101 cm³/mol. The van der Waals surface area contributed by atoms with E-state index in [1.54, 1.807) is 18.3 Å². The fraction of sp³-hybridized carbons (Fsp3) is 0.368. The maximum absolute atomic E-state index is 12.1. The lowest BCUT2D eigenvalue weighted by atomic mass is 10.3. The number of hydrogen-bond acceptors (Lipinski definition) is 8. The third-order valence-corrected chi connectivity index (χ3v) is 4.40. The van der Waals surface area contributed by atoms with E-state index in [1.807, 2.05) is 6.92 Å². The van der Waals surface area contributed by atoms with Gasteiger partial charge in [0.15, 0.2) is 0 Å². The second-order valence-electron chi connectivity index (χ2n) is 6.66. The van der Waals surface area contributed by atoms with Crippen molar-refractivity contribution >= 4 is 5.91 Å². The summed E-state index contributed by atoms with van der Waals surface area (Å²) in [6, 6.07) is 4.99. The molecule has 4 rings (SSSR count). The Bertz CT molecular complexity index is 1060. The van der Waals surface area contributed by atoms with E-state index in [2.05, 4.69) is 25.4 Å². The van der Waals surface area contributed by atoms with Crippen molar-refractivity contribution in [3.05, 3.63) is 52.7 Å². The first-order valence-electron chi connectivity index (χ1n) is 9.37. The maximum Gasteiger partial charge on any atom is 0.254 e. The molecule has 10 nitrogen and oxygen atoms in total. The first-order valence-corrected chi connectivity index (χ1v) is 9.37. The van der Waals surface area contributed by atoms with Gasteiger partial charge in [0, 0.05) is 29.8 Å². The molecular weight excluding hydrogens is 376 g/mol. The molecule has 0 spiro atoms. The monoisotopic (exact) mass is 396 g/mol. The standard InChI is InChI=1S/C19H20N6O4/c1-2-28-16-6-5-13(8-21-16)19-23-17(29-24-19)9-20-15(26)10-25-11-22-14(7-18(25)27)12-3-4-12/h5-8,11-12H,2-4,9-10H2,1H3,(H,20,26). The molecule has 10 heteroatoms. The number of ether oxygens (including phenoxy) is 1. The van der Waals surface area contributed by atoms with Crippen molar-refractivity contribution in [3.63, 3.8) is 0 Å². The summed E-state index contributed by atoms with van der Waals surface area (Å²) in [5.41, 5.74) is 1.23. The highest BCUT2D eigenvalue weighted by Gasteiger charge is 2.25. The molecule has 0 atom stereocenters. The highest BCUT2D eigenvalue weighted by Crippen LogP contribution is 2.38. The summed E-state index contributed by atoms with van der Waals surface area (Å²) < 4.78 is 11.7. The molecule has 1 aliphatic carbocycles. The number of nitrogens with zero attached hydrogens (tertiary/aromatic N) is 5. The molecule has 1 saturated carbocycles. The Morgan fingerprint density at radius 3 is 2.90 bits per heavy atom. The lowest BCUT2D eigenvalue weighted by Gasteiger charge is -2.06. The first-order chi connectivity index (χ1) is 14.1. The summed E-state index contributed by atoms with van der Waals surface area (Å²) in [7, 11) is 0. The van der Waals surface area contributed by atoms with E-state index in [9.17, 15) is 9.59 Å². The van der Waals surface area contributed by atoms with Gasteiger partial charge in [0.2, 0.25) is 23.5 Å². The van der Waals surface area contributed by atoms with Crippen LogP contribution in [0, 0.1) is 0 Å². The van der Waals surface area contributed by atoms with Crippen LogP contribution < -0.4 is 15.6 Å². The number of hydrogen-bond donors (Lipinski definition) is 1. The lowest BCUT2D eigenvalue weighted by molar-refractivity contribution is -0.122. The fourth-order valence-electron chi connectivity index (χ4n) is 2.74. The molecule has 0 bridgehead atoms. The normalized spacial score (nSPS) is 13.3. The molecule has 29 heavy (non-hydrogen) atoms. The molecule has 0 aromatic carbocycles. The number of nitrogens with one attached hydrogen (secondary N) is 1. The summed E-state index contributed by atoms with van der Waals surface area (Å²) in [5, 5.41) is 6.54. The molecule has 0 radical (unpaired) electrons. The van der Waals surface area contributed by atoms with Crippen molar-refractivity contribution in [3.8, 4) is 17.3 Å². The van der Waals surface area contributed by atoms with Gasteiger partial charge in [0.05, 0.1) is 25.2 Å². The van der Waals surface area contributed by atoms with Gasteiger partial charge in [0.1, 0.15) is 6.54 Å². The van der Waals surface area contributed by atoms with Gasteiger partial charge in [-0.3, -0.25) is 14.2 Å². The van der Waals surface area contributed by atoms with Gasteiger partial charge in [-0.2, -0.15) is 4.98 Å². The van der Waals surface area contributed by atoms with Crippen LogP contribution in [0.2, 0.25) is 0 Å². The number of rotatable bonds is 8. The number of amides is 1. The maximum atomic E-state index is 12.1. The van der Waals surface area contributed by atoms with E-state index >= 15 is 0 Å². The third kappa shape index (κ3) is 4.65. The van der Waals surface area contributed by atoms with Crippen LogP contribution in [0.5, 0.6) is 5.88 Å². The van der Waals surface area contributed by atoms with Crippen molar-refractivity contribution in [1.82, 2.24) is 30.0 Å². The van der Waals surface area contributed by atoms with E-state index in [0.717, 1.165) is 18.5 Å². The van der Waals surface area contributed by atoms with Crippen LogP contribution in [0.15, 0.2) is 40.0 Å². The Labute approximate surface area is 165 Å². The van der Waals surface area contributed by atoms with Gasteiger partial charge in [-0.25, -0.2) is 9.97 Å². The van der Waals surface area contributed by atoms with Gasteiger partial charge in [-0.1, -0.05) is 5.16 Å². The van der Waals surface area contributed by atoms with E-state index in [1.165, 1.54) is 17.0 Å². The predicted octanol–water partition coefficient (Wildman–Crippen LogP) is 1.28. The zero-order valence-corrected chi connectivity index (χ0v) is 15.9. The number of aromatic nitrogens is 5. The van der Waals surface area contributed by atoms with E-state index in [0.29, 0.717) is 29.8 Å². The highest BCUT2D eigenvalue weighted by atomic mass is 16.5. The number of carbonyl (C=O) groups is 1. The summed E-state index contributed by atoms with van der Waals surface area (Å²) >= 11 is 0. The zero-order valence-electron chi connectivity index (χ0n) is 15.9. The van der Waals surface area contributed by atoms with Gasteiger partial charge < -0.3 is 14.6 Å². The van der Waals surface area contributed by atoms with Crippen LogP contribution in [0.4, 0.5) is 0 Å². The van der Waals surface area contributed by atoms with E-state index < -0.39 is 0 Å². The van der Waals surface area contributed by atoms with Crippen molar-refractivity contribution in [2.24, 2.45) is 0 Å². The number of carbonyl (C=O) groups excluding carboxylic acids is 1. The van der Waals surface area contributed by atoms with Crippen molar-refractivity contribution in [2.75, 3.05) is 6.61 Å². The highest BCUT2D eigenvalue weighted by molar-refractivity contribution is 5.75. The summed E-state index contributed by atoms with van der Waals surface area (Å²) in [4.78, 5) is 36.9. The van der Waals surface area contributed by atoms with E-state index in [4.69, 9.17) is 9.26 Å². The molecular formula is C19H20N6O4. The second kappa shape index (κ2) is 8.21. The molecule has 1 N–H and O–H groups in total. The van der Waals surface area contributed by atoms with Crippen LogP contribution in [0.25, 0.3) is 11.4 Å². The van der Waals surface area contributed by atoms with Crippen LogP contribution in [0.1, 0.15) is 37.3 Å². The van der Waals surface area contributed by atoms with Gasteiger partial charge in [0.25, 0.3) is 5.56 Å². The Balaban J connectivity index is 1.32. The minimum absolute atomic E-state index is 0.0542. The van der Waals surface area contributed by atoms with Gasteiger partial charge in [-0.05, 0) is 25.8 Å². The fourth-order valence-corrected chi connectivity index (χ4v) is 2.74. The average molecular weight is 396 g/mol. The molecule has 150 valence electrons. The Morgan fingerprint density at radius 1 is 1.34 bits per heavy atom. The molecule has 3 heterocycles. The van der Waals surface area contributed by atoms with Crippen molar-refractivity contribution < 1.29 is 14.1 Å². The molecule has 1 aliphatic rings. The molecule has 1 amide bonds. The quantitative estimate of drug-likeness (QED) is 0.604. The second-order valence-corrected chi connectivity index (χ2v) is 6.66. The Hall–Kier alpha value is -3.56. The van der Waals surface area contributed by atoms with Crippen LogP contribution in [0.3, 0.4) is 0 Å². The summed E-state index contributed by atoms with van der Waals surface area (Å²) in [6.07, 6.45) is 5.13. The van der Waals surface area contributed by atoms with Gasteiger partial charge in [-0.15, -0.1) is 0 Å². The van der Waals surface area contributed by atoms with Crippen LogP contribution in [-0.2, 0) is 17.9 Å². The molecule has 0 unspecified atom stereocenters. The molecule has 1 fully saturated rings. The molecule has 0 aliphatic heterocycles. The van der Waals surface area contributed by atoms with Crippen LogP contribution in [-0.4, -0.2) is 37.2 Å². The first kappa shape index (κ1) is 18.8. The molecule has 0 saturated heterocycles. The van der Waals surface area contributed by atoms with Crippen LogP contribution >= 0.6 is 0 Å². The van der Waals surface area contributed by atoms with Crippen molar-refractivity contribution in [2.45, 2.75) is 38.8 Å². The Kier molecular flexibility index (Phi) is 5.32.